The van der Waals surface area contributed by atoms with Crippen molar-refractivity contribution in [1.82, 2.24) is 14.8 Å². The summed E-state index contributed by atoms with van der Waals surface area (Å²) >= 11 is 0. The Hall–Kier alpha value is -3.20. The van der Waals surface area contributed by atoms with Gasteiger partial charge in [-0.1, -0.05) is 30.3 Å². The Morgan fingerprint density at radius 3 is 2.38 bits per heavy atom. The van der Waals surface area contributed by atoms with Crippen LogP contribution in [-0.4, -0.2) is 71.6 Å². The zero-order chi connectivity index (χ0) is 22.3. The molecule has 2 saturated heterocycles. The minimum Gasteiger partial charge on any atom is -0.445 e. The number of nitrogens with zero attached hydrogens (tertiary/aromatic N) is 5. The Kier molecular flexibility index (Phi) is 7.16. The molecule has 32 heavy (non-hydrogen) atoms. The molecule has 9 heteroatoms. The van der Waals surface area contributed by atoms with E-state index in [0.717, 1.165) is 56.9 Å². The van der Waals surface area contributed by atoms with Gasteiger partial charge in [0.25, 0.3) is 5.69 Å². The second-order valence-corrected chi connectivity index (χ2v) is 8.39. The number of nitro groups is 1. The largest absolute Gasteiger partial charge is 0.445 e. The molecule has 1 amide bonds. The number of hydrogen-bond acceptors (Lipinski definition) is 7. The van der Waals surface area contributed by atoms with Crippen LogP contribution in [0.25, 0.3) is 0 Å². The molecule has 0 unspecified atom stereocenters. The van der Waals surface area contributed by atoms with Crippen LogP contribution in [-0.2, 0) is 11.3 Å². The molecule has 1 aromatic carbocycles. The minimum absolute atomic E-state index is 0.0201. The standard InChI is InChI=1S/C23H29N5O4/c29-23(32-18-20-4-2-1-3-5-20)27-14-12-25(13-15-27)17-19-8-10-26(11-9-19)22-7-6-21(16-24-22)28(30)31/h1-7,16,19H,8-15,17-18H2. The third kappa shape index (κ3) is 5.73. The van der Waals surface area contributed by atoms with Gasteiger partial charge in [0, 0.05) is 51.9 Å². The summed E-state index contributed by atoms with van der Waals surface area (Å²) in [6.45, 7) is 6.27. The summed E-state index contributed by atoms with van der Waals surface area (Å²) in [5.41, 5.74) is 1.02. The van der Waals surface area contributed by atoms with Crippen molar-refractivity contribution < 1.29 is 14.5 Å². The Bertz CT molecular complexity index is 892. The summed E-state index contributed by atoms with van der Waals surface area (Å²) in [6, 6.07) is 13.0. The van der Waals surface area contributed by atoms with Gasteiger partial charge in [-0.2, -0.15) is 0 Å². The van der Waals surface area contributed by atoms with E-state index in [4.69, 9.17) is 4.74 Å². The molecule has 0 atom stereocenters. The molecule has 0 radical (unpaired) electrons. The first kappa shape index (κ1) is 22.0. The molecule has 1 aromatic heterocycles. The van der Waals surface area contributed by atoms with E-state index in [0.29, 0.717) is 25.6 Å². The number of piperazine rings is 1. The maximum atomic E-state index is 12.3. The van der Waals surface area contributed by atoms with Gasteiger partial charge in [0.2, 0.25) is 0 Å². The zero-order valence-corrected chi connectivity index (χ0v) is 18.1. The number of pyridine rings is 1. The number of ether oxygens (including phenoxy) is 1. The number of piperidine rings is 1. The molecule has 3 heterocycles. The molecule has 2 fully saturated rings. The van der Waals surface area contributed by atoms with Crippen molar-refractivity contribution in [2.45, 2.75) is 19.4 Å². The van der Waals surface area contributed by atoms with E-state index in [1.807, 2.05) is 30.3 Å². The third-order valence-corrected chi connectivity index (χ3v) is 6.23. The maximum absolute atomic E-state index is 12.3. The SMILES string of the molecule is O=C(OCc1ccccc1)N1CCN(CC2CCN(c3ccc([N+](=O)[O-])cn3)CC2)CC1. The van der Waals surface area contributed by atoms with E-state index in [9.17, 15) is 14.9 Å². The van der Waals surface area contributed by atoms with Gasteiger partial charge < -0.3 is 14.5 Å². The highest BCUT2D eigenvalue weighted by Gasteiger charge is 2.26. The minimum atomic E-state index is -0.425. The Morgan fingerprint density at radius 1 is 1.03 bits per heavy atom. The van der Waals surface area contributed by atoms with Crippen LogP contribution < -0.4 is 4.90 Å². The van der Waals surface area contributed by atoms with Gasteiger partial charge in [0.15, 0.2) is 0 Å². The van der Waals surface area contributed by atoms with Crippen LogP contribution in [0.2, 0.25) is 0 Å². The summed E-state index contributed by atoms with van der Waals surface area (Å²) in [5, 5.41) is 10.8. The van der Waals surface area contributed by atoms with E-state index in [1.54, 1.807) is 11.0 Å². The van der Waals surface area contributed by atoms with Crippen LogP contribution in [0.5, 0.6) is 0 Å². The number of anilines is 1. The average Bonchev–Trinajstić information content (AvgIpc) is 2.84. The lowest BCUT2D eigenvalue weighted by Crippen LogP contribution is -2.50. The van der Waals surface area contributed by atoms with Crippen LogP contribution >= 0.6 is 0 Å². The van der Waals surface area contributed by atoms with Crippen molar-refractivity contribution in [3.05, 3.63) is 64.3 Å². The second kappa shape index (κ2) is 10.4. The van der Waals surface area contributed by atoms with Crippen molar-refractivity contribution in [1.29, 1.82) is 0 Å². The predicted octanol–water partition coefficient (Wildman–Crippen LogP) is 3.16. The molecule has 2 aliphatic rings. The monoisotopic (exact) mass is 439 g/mol. The molecule has 0 saturated carbocycles. The van der Waals surface area contributed by atoms with Gasteiger partial charge in [0.05, 0.1) is 4.92 Å². The van der Waals surface area contributed by atoms with Gasteiger partial charge in [-0.3, -0.25) is 15.0 Å². The summed E-state index contributed by atoms with van der Waals surface area (Å²) < 4.78 is 5.45. The second-order valence-electron chi connectivity index (χ2n) is 8.39. The van der Waals surface area contributed by atoms with Crippen LogP contribution in [0.4, 0.5) is 16.3 Å². The van der Waals surface area contributed by atoms with Crippen LogP contribution in [0.1, 0.15) is 18.4 Å². The van der Waals surface area contributed by atoms with Crippen LogP contribution in [0.3, 0.4) is 0 Å². The topological polar surface area (TPSA) is 92.0 Å². The lowest BCUT2D eigenvalue weighted by atomic mass is 9.96. The van der Waals surface area contributed by atoms with E-state index < -0.39 is 4.92 Å². The molecule has 0 spiro atoms. The highest BCUT2D eigenvalue weighted by Crippen LogP contribution is 2.24. The Labute approximate surface area is 187 Å². The first-order valence-electron chi connectivity index (χ1n) is 11.1. The van der Waals surface area contributed by atoms with E-state index in [-0.39, 0.29) is 11.8 Å². The number of amides is 1. The molecule has 170 valence electrons. The van der Waals surface area contributed by atoms with Crippen LogP contribution in [0, 0.1) is 16.0 Å². The van der Waals surface area contributed by atoms with E-state index in [2.05, 4.69) is 14.8 Å². The molecular formula is C23H29N5O4. The molecule has 2 aromatic rings. The molecule has 9 nitrogen and oxygen atoms in total. The van der Waals surface area contributed by atoms with E-state index >= 15 is 0 Å². The fourth-order valence-corrected chi connectivity index (χ4v) is 4.31. The number of rotatable bonds is 6. The number of carbonyl (C=O) groups is 1. The van der Waals surface area contributed by atoms with E-state index in [1.165, 1.54) is 12.3 Å². The Morgan fingerprint density at radius 2 is 1.75 bits per heavy atom. The van der Waals surface area contributed by atoms with Gasteiger partial charge in [-0.15, -0.1) is 0 Å². The fourth-order valence-electron chi connectivity index (χ4n) is 4.31. The lowest BCUT2D eigenvalue weighted by Gasteiger charge is -2.38. The fraction of sp³-hybridized carbons (Fsp3) is 0.478. The van der Waals surface area contributed by atoms with Gasteiger partial charge >= 0.3 is 6.09 Å². The summed E-state index contributed by atoms with van der Waals surface area (Å²) in [6.07, 6.45) is 3.22. The lowest BCUT2D eigenvalue weighted by molar-refractivity contribution is -0.385. The zero-order valence-electron chi connectivity index (χ0n) is 18.1. The molecular weight excluding hydrogens is 410 g/mol. The number of benzene rings is 1. The van der Waals surface area contributed by atoms with Gasteiger partial charge in [-0.05, 0) is 30.4 Å². The first-order valence-corrected chi connectivity index (χ1v) is 11.1. The number of carbonyl (C=O) groups excluding carboxylic acids is 1. The highest BCUT2D eigenvalue weighted by molar-refractivity contribution is 5.67. The van der Waals surface area contributed by atoms with Gasteiger partial charge in [0.1, 0.15) is 18.6 Å². The number of aromatic nitrogens is 1. The molecule has 4 rings (SSSR count). The molecule has 2 aliphatic heterocycles. The molecule has 0 bridgehead atoms. The highest BCUT2D eigenvalue weighted by atomic mass is 16.6. The normalized spacial score (nSPS) is 17.9. The smallest absolute Gasteiger partial charge is 0.410 e. The first-order chi connectivity index (χ1) is 15.6. The van der Waals surface area contributed by atoms with Crippen molar-refractivity contribution in [2.75, 3.05) is 50.7 Å². The molecule has 0 N–H and O–H groups in total. The average molecular weight is 440 g/mol. The molecule has 0 aliphatic carbocycles. The quantitative estimate of drug-likeness (QED) is 0.504. The van der Waals surface area contributed by atoms with Crippen molar-refractivity contribution in [3.63, 3.8) is 0 Å². The summed E-state index contributed by atoms with van der Waals surface area (Å²) in [4.78, 5) is 33.4. The van der Waals surface area contributed by atoms with Crippen molar-refractivity contribution in [2.24, 2.45) is 5.92 Å². The number of hydrogen-bond donors (Lipinski definition) is 0. The summed E-state index contributed by atoms with van der Waals surface area (Å²) in [5.74, 6) is 1.41. The maximum Gasteiger partial charge on any atom is 0.410 e. The predicted molar refractivity (Wildman–Crippen MR) is 120 cm³/mol. The van der Waals surface area contributed by atoms with Gasteiger partial charge in [-0.25, -0.2) is 9.78 Å². The Balaban J connectivity index is 1.16. The van der Waals surface area contributed by atoms with Crippen LogP contribution in [0.15, 0.2) is 48.7 Å². The van der Waals surface area contributed by atoms with Crippen molar-refractivity contribution >= 4 is 17.6 Å². The van der Waals surface area contributed by atoms with Crippen molar-refractivity contribution in [3.8, 4) is 0 Å². The summed E-state index contributed by atoms with van der Waals surface area (Å²) in [7, 11) is 0. The third-order valence-electron chi connectivity index (χ3n) is 6.23.